The molecule has 0 saturated heterocycles. The number of esters is 1. The van der Waals surface area contributed by atoms with E-state index in [2.05, 4.69) is 10.1 Å². The molecule has 0 fully saturated rings. The van der Waals surface area contributed by atoms with E-state index >= 15 is 0 Å². The molecule has 0 aliphatic carbocycles. The van der Waals surface area contributed by atoms with E-state index in [1.807, 2.05) is 0 Å². The number of aryl methyl sites for hydroxylation is 1. The van der Waals surface area contributed by atoms with Crippen LogP contribution in [0.5, 0.6) is 0 Å². The monoisotopic (exact) mass is 223 g/mol. The number of hydrogen-bond donors (Lipinski definition) is 1. The zero-order valence-electron chi connectivity index (χ0n) is 9.13. The highest BCUT2D eigenvalue weighted by Crippen LogP contribution is 2.26. The Kier molecular flexibility index (Phi) is 3.08. The molecule has 1 aromatic carbocycles. The second-order valence-corrected chi connectivity index (χ2v) is 3.96. The predicted octanol–water partition coefficient (Wildman–Crippen LogP) is 2.12. The number of rotatable bonds is 2. The largest absolute Gasteiger partial charge is 0.469 e. The molecular formula is C12H14FNO2. The number of methoxy groups -OCH3 is 1. The molecule has 0 radical (unpaired) electrons. The fourth-order valence-electron chi connectivity index (χ4n) is 1.96. The van der Waals surface area contributed by atoms with Crippen LogP contribution in [-0.2, 0) is 16.0 Å². The first-order valence-electron chi connectivity index (χ1n) is 5.31. The topological polar surface area (TPSA) is 38.3 Å². The van der Waals surface area contributed by atoms with Gasteiger partial charge in [0.25, 0.3) is 0 Å². The number of benzene rings is 1. The third kappa shape index (κ3) is 2.32. The van der Waals surface area contributed by atoms with E-state index in [1.54, 1.807) is 6.07 Å². The van der Waals surface area contributed by atoms with Gasteiger partial charge in [-0.1, -0.05) is 6.07 Å². The lowest BCUT2D eigenvalue weighted by Crippen LogP contribution is -2.28. The average Bonchev–Trinajstić information content (AvgIpc) is 2.28. The molecule has 0 aromatic heterocycles. The maximum absolute atomic E-state index is 13.0. The maximum Gasteiger partial charge on any atom is 0.307 e. The number of anilines is 1. The van der Waals surface area contributed by atoms with Gasteiger partial charge in [0.15, 0.2) is 0 Å². The predicted molar refractivity (Wildman–Crippen MR) is 58.8 cm³/mol. The molecule has 86 valence electrons. The molecule has 2 rings (SSSR count). The fourth-order valence-corrected chi connectivity index (χ4v) is 1.96. The summed E-state index contributed by atoms with van der Waals surface area (Å²) in [5, 5.41) is 3.16. The van der Waals surface area contributed by atoms with E-state index < -0.39 is 0 Å². The number of carbonyl (C=O) groups excluding carboxylic acids is 1. The SMILES string of the molecule is COC(=O)CC1CCc2ccc(F)cc2N1. The number of fused-ring (bicyclic) bond motifs is 1. The highest BCUT2D eigenvalue weighted by Gasteiger charge is 2.20. The van der Waals surface area contributed by atoms with Gasteiger partial charge in [0, 0.05) is 11.7 Å². The summed E-state index contributed by atoms with van der Waals surface area (Å²) in [6.07, 6.45) is 2.06. The van der Waals surface area contributed by atoms with Gasteiger partial charge in [-0.2, -0.15) is 0 Å². The number of ether oxygens (including phenoxy) is 1. The van der Waals surface area contributed by atoms with Gasteiger partial charge in [-0.05, 0) is 30.5 Å². The summed E-state index contributed by atoms with van der Waals surface area (Å²) in [6.45, 7) is 0. The van der Waals surface area contributed by atoms with Crippen LogP contribution in [0.4, 0.5) is 10.1 Å². The molecular weight excluding hydrogens is 209 g/mol. The van der Waals surface area contributed by atoms with Crippen LogP contribution in [0.3, 0.4) is 0 Å². The molecule has 1 N–H and O–H groups in total. The van der Waals surface area contributed by atoms with Crippen molar-refractivity contribution < 1.29 is 13.9 Å². The van der Waals surface area contributed by atoms with E-state index in [0.29, 0.717) is 6.42 Å². The van der Waals surface area contributed by atoms with Gasteiger partial charge in [0.2, 0.25) is 0 Å². The molecule has 16 heavy (non-hydrogen) atoms. The van der Waals surface area contributed by atoms with Gasteiger partial charge in [-0.15, -0.1) is 0 Å². The number of hydrogen-bond acceptors (Lipinski definition) is 3. The van der Waals surface area contributed by atoms with Gasteiger partial charge < -0.3 is 10.1 Å². The van der Waals surface area contributed by atoms with E-state index in [-0.39, 0.29) is 17.8 Å². The van der Waals surface area contributed by atoms with E-state index in [0.717, 1.165) is 24.1 Å². The Bertz CT molecular complexity index is 406. The van der Waals surface area contributed by atoms with Crippen LogP contribution in [0.25, 0.3) is 0 Å². The standard InChI is InChI=1S/C12H14FNO2/c1-16-12(15)7-10-5-3-8-2-4-9(13)6-11(8)14-10/h2,4,6,10,14H,3,5,7H2,1H3. The van der Waals surface area contributed by atoms with Crippen molar-refractivity contribution in [3.8, 4) is 0 Å². The summed E-state index contributed by atoms with van der Waals surface area (Å²) in [7, 11) is 1.37. The Balaban J connectivity index is 2.08. The summed E-state index contributed by atoms with van der Waals surface area (Å²) < 4.78 is 17.6. The second-order valence-electron chi connectivity index (χ2n) is 3.96. The zero-order valence-corrected chi connectivity index (χ0v) is 9.13. The Morgan fingerprint density at radius 3 is 3.19 bits per heavy atom. The van der Waals surface area contributed by atoms with Gasteiger partial charge in [0.1, 0.15) is 5.82 Å². The molecule has 1 aliphatic rings. The Labute approximate surface area is 93.6 Å². The number of halogens is 1. The normalized spacial score (nSPS) is 18.5. The minimum atomic E-state index is -0.259. The van der Waals surface area contributed by atoms with Crippen molar-refractivity contribution in [2.75, 3.05) is 12.4 Å². The minimum absolute atomic E-state index is 0.0433. The van der Waals surface area contributed by atoms with Crippen LogP contribution in [0.15, 0.2) is 18.2 Å². The minimum Gasteiger partial charge on any atom is -0.469 e. The quantitative estimate of drug-likeness (QED) is 0.780. The highest BCUT2D eigenvalue weighted by molar-refractivity contribution is 5.71. The van der Waals surface area contributed by atoms with E-state index in [4.69, 9.17) is 0 Å². The van der Waals surface area contributed by atoms with Crippen molar-refractivity contribution in [3.63, 3.8) is 0 Å². The van der Waals surface area contributed by atoms with Gasteiger partial charge in [0.05, 0.1) is 13.5 Å². The van der Waals surface area contributed by atoms with Crippen molar-refractivity contribution in [3.05, 3.63) is 29.6 Å². The molecule has 4 heteroatoms. The summed E-state index contributed by atoms with van der Waals surface area (Å²) >= 11 is 0. The summed E-state index contributed by atoms with van der Waals surface area (Å²) in [4.78, 5) is 11.1. The molecule has 0 saturated carbocycles. The molecule has 0 spiro atoms. The van der Waals surface area contributed by atoms with Crippen LogP contribution in [0.2, 0.25) is 0 Å². The first-order valence-corrected chi connectivity index (χ1v) is 5.31. The maximum atomic E-state index is 13.0. The van der Waals surface area contributed by atoms with Crippen molar-refractivity contribution in [2.45, 2.75) is 25.3 Å². The molecule has 3 nitrogen and oxygen atoms in total. The molecule has 1 aromatic rings. The van der Waals surface area contributed by atoms with Crippen LogP contribution >= 0.6 is 0 Å². The molecule has 0 amide bonds. The Morgan fingerprint density at radius 1 is 1.62 bits per heavy atom. The van der Waals surface area contributed by atoms with Crippen LogP contribution in [-0.4, -0.2) is 19.1 Å². The number of carbonyl (C=O) groups is 1. The van der Waals surface area contributed by atoms with Crippen LogP contribution in [0, 0.1) is 5.82 Å². The van der Waals surface area contributed by atoms with Crippen LogP contribution < -0.4 is 5.32 Å². The summed E-state index contributed by atoms with van der Waals surface area (Å²) in [6, 6.07) is 4.76. The third-order valence-corrected chi connectivity index (χ3v) is 2.83. The van der Waals surface area contributed by atoms with Crippen molar-refractivity contribution in [1.29, 1.82) is 0 Å². The van der Waals surface area contributed by atoms with Crippen molar-refractivity contribution >= 4 is 11.7 Å². The van der Waals surface area contributed by atoms with Crippen molar-refractivity contribution in [1.82, 2.24) is 0 Å². The second kappa shape index (κ2) is 4.51. The molecule has 1 heterocycles. The highest BCUT2D eigenvalue weighted by atomic mass is 19.1. The first-order chi connectivity index (χ1) is 7.69. The van der Waals surface area contributed by atoms with Gasteiger partial charge in [-0.25, -0.2) is 4.39 Å². The fraction of sp³-hybridized carbons (Fsp3) is 0.417. The number of nitrogens with one attached hydrogen (secondary N) is 1. The Morgan fingerprint density at radius 2 is 2.44 bits per heavy atom. The molecule has 1 atom stereocenters. The average molecular weight is 223 g/mol. The molecule has 1 aliphatic heterocycles. The summed E-state index contributed by atoms with van der Waals surface area (Å²) in [5.41, 5.74) is 1.89. The van der Waals surface area contributed by atoms with Crippen molar-refractivity contribution in [2.24, 2.45) is 0 Å². The van der Waals surface area contributed by atoms with Gasteiger partial charge in [-0.3, -0.25) is 4.79 Å². The lowest BCUT2D eigenvalue weighted by Gasteiger charge is -2.26. The third-order valence-electron chi connectivity index (χ3n) is 2.83. The lowest BCUT2D eigenvalue weighted by molar-refractivity contribution is -0.140. The Hall–Kier alpha value is -1.58. The van der Waals surface area contributed by atoms with E-state index in [1.165, 1.54) is 19.2 Å². The van der Waals surface area contributed by atoms with E-state index in [9.17, 15) is 9.18 Å². The lowest BCUT2D eigenvalue weighted by atomic mass is 9.96. The van der Waals surface area contributed by atoms with Crippen LogP contribution in [0.1, 0.15) is 18.4 Å². The molecule has 0 bridgehead atoms. The summed E-state index contributed by atoms with van der Waals surface area (Å²) in [5.74, 6) is -0.498. The first kappa shape index (κ1) is 10.9. The zero-order chi connectivity index (χ0) is 11.5. The smallest absolute Gasteiger partial charge is 0.307 e. The molecule has 1 unspecified atom stereocenters. The van der Waals surface area contributed by atoms with Gasteiger partial charge >= 0.3 is 5.97 Å².